The van der Waals surface area contributed by atoms with Gasteiger partial charge in [0.2, 0.25) is 0 Å². The summed E-state index contributed by atoms with van der Waals surface area (Å²) in [7, 11) is 0. The van der Waals surface area contributed by atoms with Gasteiger partial charge in [0.25, 0.3) is 0 Å². The number of rotatable bonds is 19. The van der Waals surface area contributed by atoms with Crippen LogP contribution in [0.5, 0.6) is 0 Å². The monoisotopic (exact) mass is 1190 g/mol. The third kappa shape index (κ3) is 12.5. The van der Waals surface area contributed by atoms with E-state index in [0.717, 1.165) is 24.8 Å². The van der Waals surface area contributed by atoms with Crippen LogP contribution in [0.15, 0.2) is 11.6 Å². The molecule has 4 aliphatic carbocycles. The number of aliphatic carboxylic acids is 1. The first-order valence-electron chi connectivity index (χ1n) is 29.4. The fourth-order valence-corrected chi connectivity index (χ4v) is 16.6. The minimum Gasteiger partial charge on any atom is -0.481 e. The summed E-state index contributed by atoms with van der Waals surface area (Å²) in [6.07, 6.45) is -28.1. The van der Waals surface area contributed by atoms with Gasteiger partial charge in [0.1, 0.15) is 111 Å². The molecule has 30 atom stereocenters. The fourth-order valence-electron chi connectivity index (χ4n) is 16.6. The molecule has 8 rings (SSSR count). The first-order valence-corrected chi connectivity index (χ1v) is 29.4. The number of carboxylic acids is 1. The Morgan fingerprint density at radius 3 is 1.72 bits per heavy atom. The minimum absolute atomic E-state index is 0.00720. The molecule has 0 aromatic rings. The van der Waals surface area contributed by atoms with Gasteiger partial charge >= 0.3 is 11.9 Å². The highest BCUT2D eigenvalue weighted by molar-refractivity contribution is 5.90. The molecule has 8 fully saturated rings. The van der Waals surface area contributed by atoms with Crippen LogP contribution in [0.1, 0.15) is 120 Å². The van der Waals surface area contributed by atoms with Crippen LogP contribution in [-0.2, 0) is 52.2 Å². The molecule has 0 unspecified atom stereocenters. The summed E-state index contributed by atoms with van der Waals surface area (Å²) in [5.41, 5.74) is -1.83. The highest BCUT2D eigenvalue weighted by Crippen LogP contribution is 2.76. The molecule has 15 N–H and O–H groups in total. The Kier molecular flexibility index (Phi) is 20.7. The average molecular weight is 1200 g/mol. The number of allylic oxidation sites excluding steroid dienone is 2. The summed E-state index contributed by atoms with van der Waals surface area (Å²) in [4.78, 5) is 23.1. The molecule has 4 heterocycles. The Labute approximate surface area is 483 Å². The van der Waals surface area contributed by atoms with E-state index in [-0.39, 0.29) is 34.5 Å². The molecule has 26 heteroatoms. The number of carbonyl (C=O) groups excluding carboxylic acids is 1. The number of aliphatic hydroxyl groups excluding tert-OH is 14. The van der Waals surface area contributed by atoms with Crippen LogP contribution in [0.2, 0.25) is 0 Å². The van der Waals surface area contributed by atoms with Crippen LogP contribution in [0, 0.1) is 45.3 Å². The first-order chi connectivity index (χ1) is 38.8. The van der Waals surface area contributed by atoms with E-state index in [1.807, 2.05) is 20.8 Å². The molecule has 8 aliphatic rings. The highest BCUT2D eigenvalue weighted by atomic mass is 16.8. The van der Waals surface area contributed by atoms with E-state index in [1.165, 1.54) is 0 Å². The van der Waals surface area contributed by atoms with Crippen molar-refractivity contribution in [1.82, 2.24) is 0 Å². The molecule has 0 aromatic heterocycles. The zero-order valence-corrected chi connectivity index (χ0v) is 48.7. The van der Waals surface area contributed by atoms with Crippen molar-refractivity contribution in [1.29, 1.82) is 0 Å². The van der Waals surface area contributed by atoms with Gasteiger partial charge in [0.05, 0.1) is 37.6 Å². The van der Waals surface area contributed by atoms with Gasteiger partial charge in [-0.15, -0.1) is 0 Å². The van der Waals surface area contributed by atoms with E-state index in [0.29, 0.717) is 38.5 Å². The molecule has 0 aromatic carbocycles. The van der Waals surface area contributed by atoms with E-state index in [4.69, 9.17) is 47.7 Å². The summed E-state index contributed by atoms with van der Waals surface area (Å²) in [6, 6.07) is 0. The van der Waals surface area contributed by atoms with E-state index in [1.54, 1.807) is 0 Å². The van der Waals surface area contributed by atoms with Crippen molar-refractivity contribution < 1.29 is 129 Å². The predicted molar refractivity (Wildman–Crippen MR) is 282 cm³/mol. The summed E-state index contributed by atoms with van der Waals surface area (Å²) in [5, 5.41) is 162. The van der Waals surface area contributed by atoms with Crippen molar-refractivity contribution in [3.8, 4) is 0 Å². The van der Waals surface area contributed by atoms with E-state index in [9.17, 15) is 81.1 Å². The lowest BCUT2D eigenvalue weighted by atomic mass is 9.35. The molecule has 4 aliphatic heterocycles. The molecule has 478 valence electrons. The Hall–Kier alpha value is -2.20. The number of fused-ring (bicyclic) bond motifs is 5. The van der Waals surface area contributed by atoms with Crippen molar-refractivity contribution in [2.75, 3.05) is 26.4 Å². The van der Waals surface area contributed by atoms with Gasteiger partial charge < -0.3 is 119 Å². The lowest BCUT2D eigenvalue weighted by Gasteiger charge is -2.71. The molecule has 0 bridgehead atoms. The van der Waals surface area contributed by atoms with Crippen LogP contribution in [0.25, 0.3) is 0 Å². The van der Waals surface area contributed by atoms with Gasteiger partial charge in [0, 0.05) is 0 Å². The van der Waals surface area contributed by atoms with Crippen LogP contribution >= 0.6 is 0 Å². The molecule has 0 amide bonds. The third-order valence-electron chi connectivity index (χ3n) is 21.4. The third-order valence-corrected chi connectivity index (χ3v) is 21.4. The summed E-state index contributed by atoms with van der Waals surface area (Å²) in [6.45, 7) is 14.3. The van der Waals surface area contributed by atoms with Crippen molar-refractivity contribution in [3.63, 3.8) is 0 Å². The van der Waals surface area contributed by atoms with Crippen LogP contribution in [0.4, 0.5) is 0 Å². The number of ether oxygens (including phenoxy) is 9. The molecule has 4 saturated carbocycles. The maximum absolute atomic E-state index is 12.9. The number of esters is 1. The van der Waals surface area contributed by atoms with Crippen molar-refractivity contribution >= 4 is 11.9 Å². The molecule has 0 spiro atoms. The quantitative estimate of drug-likeness (QED) is 0.0283. The van der Waals surface area contributed by atoms with Gasteiger partial charge in [-0.05, 0) is 124 Å². The van der Waals surface area contributed by atoms with Crippen molar-refractivity contribution in [2.45, 2.75) is 260 Å². The van der Waals surface area contributed by atoms with Gasteiger partial charge in [0.15, 0.2) is 25.2 Å². The second-order valence-electron chi connectivity index (χ2n) is 26.8. The molecule has 83 heavy (non-hydrogen) atoms. The Balaban J connectivity index is 0.997. The van der Waals surface area contributed by atoms with Gasteiger partial charge in [-0.1, -0.05) is 46.3 Å². The standard InChI is InChI=1S/C57H94O26/c1-24(2)10-9-14-57(8,83-51-47(74)43(70)40(67)30(80-51)23-76-49-45(72)41(68)37(64)27(20-58)77-49)25-11-16-56(7)36(25)26(60)18-32-54(5)15-13-33(53(3,4)31(54)12-17-55(32,56)6)81-52-48(44(71)38(65)28(21-59)78-52)82-50-46(73)42(69)39(66)29(79-50)22-75-35(63)19-34(61)62/h10,25-33,36-52,58-60,64-74H,9,11-23H2,1-8H3,(H,61,62)/t25-,26-,27-,28-,29-,30-,31-,32-,33+,36-,37-,38-,39-,40-,41+,42+,43+,44+,45-,46-,47-,48-,49-,50+,51+,52+,54+,55-,56-,57+/m1/s1. The average Bonchev–Trinajstić information content (AvgIpc) is 1.74. The number of carbonyl (C=O) groups is 2. The molecule has 26 nitrogen and oxygen atoms in total. The fraction of sp³-hybridized carbons (Fsp3) is 0.930. The molecular weight excluding hydrogens is 1100 g/mol. The topological polar surface area (TPSA) is 421 Å². The zero-order chi connectivity index (χ0) is 61.2. The molecular formula is C57H94O26. The van der Waals surface area contributed by atoms with Crippen LogP contribution in [0.3, 0.4) is 0 Å². The van der Waals surface area contributed by atoms with Crippen LogP contribution in [-0.4, -0.2) is 256 Å². The second-order valence-corrected chi connectivity index (χ2v) is 26.8. The zero-order valence-electron chi connectivity index (χ0n) is 48.7. The number of aliphatic hydroxyl groups is 14. The maximum Gasteiger partial charge on any atom is 0.317 e. The largest absolute Gasteiger partial charge is 0.481 e. The normalized spacial score (nSPS) is 49.6. The number of hydrogen-bond donors (Lipinski definition) is 15. The Bertz CT molecular complexity index is 2240. The lowest BCUT2D eigenvalue weighted by molar-refractivity contribution is -0.378. The highest BCUT2D eigenvalue weighted by Gasteiger charge is 2.72. The lowest BCUT2D eigenvalue weighted by Crippen LogP contribution is -2.68. The Morgan fingerprint density at radius 2 is 1.12 bits per heavy atom. The van der Waals surface area contributed by atoms with Gasteiger partial charge in [-0.25, -0.2) is 0 Å². The number of hydrogen-bond acceptors (Lipinski definition) is 25. The van der Waals surface area contributed by atoms with E-state index < -0.39 is 196 Å². The van der Waals surface area contributed by atoms with Crippen LogP contribution < -0.4 is 0 Å². The van der Waals surface area contributed by atoms with E-state index >= 15 is 0 Å². The number of carboxylic acid groups (broad SMARTS) is 1. The van der Waals surface area contributed by atoms with Crippen molar-refractivity contribution in [3.05, 3.63) is 11.6 Å². The molecule has 4 saturated heterocycles. The maximum atomic E-state index is 12.9. The summed E-state index contributed by atoms with van der Waals surface area (Å²) in [5.74, 6) is -3.27. The molecule has 0 radical (unpaired) electrons. The minimum atomic E-state index is -1.95. The Morgan fingerprint density at radius 1 is 0.590 bits per heavy atom. The van der Waals surface area contributed by atoms with Gasteiger partial charge in [-0.3, -0.25) is 9.59 Å². The van der Waals surface area contributed by atoms with Gasteiger partial charge in [-0.2, -0.15) is 0 Å². The summed E-state index contributed by atoms with van der Waals surface area (Å²) >= 11 is 0. The van der Waals surface area contributed by atoms with Crippen molar-refractivity contribution in [2.24, 2.45) is 45.3 Å². The smallest absolute Gasteiger partial charge is 0.317 e. The summed E-state index contributed by atoms with van der Waals surface area (Å²) < 4.78 is 54.1. The second kappa shape index (κ2) is 25.7. The van der Waals surface area contributed by atoms with E-state index in [2.05, 4.69) is 40.7 Å². The first kappa shape index (κ1) is 66.7. The predicted octanol–water partition coefficient (Wildman–Crippen LogP) is -2.18. The SMILES string of the molecule is CC(C)=CCC[C@](C)(O[C@@H]1O[C@H](CO[C@@H]2O[C@H](CO)[C@@H](O)[C@H](O)[C@H]2O)[C@@H](O)[C@H](O)[C@H]1O)[C@@H]1CC[C@]2(C)[C@H]1[C@H](O)C[C@@H]1[C@@]3(C)CC[C@H](O[C@@H]4O[C@H](CO)[C@@H](O)[C@H](O)[C@H]4O[C@@H]4O[C@H](COC(=O)CC(=O)O)[C@@H](O)[C@H](O)[C@H]4O)C(C)(C)[C@H]3CC[C@]12C.